The first-order valence-electron chi connectivity index (χ1n) is 9.41. The number of rotatable bonds is 10. The summed E-state index contributed by atoms with van der Waals surface area (Å²) >= 11 is 0. The molecule has 0 aliphatic rings. The molecule has 1 heterocycles. The van der Waals surface area contributed by atoms with E-state index in [4.69, 9.17) is 9.47 Å². The van der Waals surface area contributed by atoms with E-state index < -0.39 is 0 Å². The van der Waals surface area contributed by atoms with Crippen LogP contribution in [-0.2, 0) is 0 Å². The molecule has 6 nitrogen and oxygen atoms in total. The first kappa shape index (κ1) is 20.7. The largest absolute Gasteiger partial charge is 0.490 e. The van der Waals surface area contributed by atoms with Crippen LogP contribution in [0.1, 0.15) is 38.1 Å². The Balaban J connectivity index is 1.99. The molecule has 1 N–H and O–H groups in total. The lowest BCUT2D eigenvalue weighted by Crippen LogP contribution is -2.28. The van der Waals surface area contributed by atoms with Crippen molar-refractivity contribution < 1.29 is 14.3 Å². The SMILES string of the molecule is CCN(CC)CCOc1ccccc1NC(=O)c1ccc(OC(C)C)nc1. The van der Waals surface area contributed by atoms with Crippen LogP contribution >= 0.6 is 0 Å². The standard InChI is InChI=1S/C21H29N3O3/c1-5-24(6-2)13-14-26-19-10-8-7-9-18(19)23-21(25)17-11-12-20(22-15-17)27-16(3)4/h7-12,15-16H,5-6,13-14H2,1-4H3,(H,23,25). The van der Waals surface area contributed by atoms with E-state index in [2.05, 4.69) is 29.0 Å². The van der Waals surface area contributed by atoms with Crippen LogP contribution in [-0.4, -0.2) is 48.1 Å². The van der Waals surface area contributed by atoms with Gasteiger partial charge < -0.3 is 19.7 Å². The van der Waals surface area contributed by atoms with Crippen molar-refractivity contribution in [2.45, 2.75) is 33.8 Å². The van der Waals surface area contributed by atoms with E-state index in [1.54, 1.807) is 12.1 Å². The number of hydrogen-bond donors (Lipinski definition) is 1. The number of likely N-dealkylation sites (N-methyl/N-ethyl adjacent to an activating group) is 1. The minimum absolute atomic E-state index is 0.0394. The summed E-state index contributed by atoms with van der Waals surface area (Å²) in [6, 6.07) is 10.8. The predicted molar refractivity (Wildman–Crippen MR) is 108 cm³/mol. The van der Waals surface area contributed by atoms with Gasteiger partial charge in [-0.25, -0.2) is 4.98 Å². The van der Waals surface area contributed by atoms with E-state index >= 15 is 0 Å². The van der Waals surface area contributed by atoms with Crippen molar-refractivity contribution in [1.82, 2.24) is 9.88 Å². The number of anilines is 1. The van der Waals surface area contributed by atoms with Gasteiger partial charge in [0.05, 0.1) is 17.4 Å². The molecule has 1 aromatic carbocycles. The van der Waals surface area contributed by atoms with Gasteiger partial charge in [0.1, 0.15) is 12.4 Å². The van der Waals surface area contributed by atoms with Gasteiger partial charge in [0.25, 0.3) is 5.91 Å². The second-order valence-corrected chi connectivity index (χ2v) is 6.38. The number of aromatic nitrogens is 1. The van der Waals surface area contributed by atoms with E-state index in [1.807, 2.05) is 38.1 Å². The maximum absolute atomic E-state index is 12.5. The van der Waals surface area contributed by atoms with Crippen molar-refractivity contribution in [3.05, 3.63) is 48.2 Å². The number of carbonyl (C=O) groups excluding carboxylic acids is 1. The Labute approximate surface area is 161 Å². The zero-order chi connectivity index (χ0) is 19.6. The molecule has 27 heavy (non-hydrogen) atoms. The molecule has 1 amide bonds. The highest BCUT2D eigenvalue weighted by molar-refractivity contribution is 6.04. The highest BCUT2D eigenvalue weighted by Crippen LogP contribution is 2.24. The van der Waals surface area contributed by atoms with Crippen molar-refractivity contribution in [3.63, 3.8) is 0 Å². The summed E-state index contributed by atoms with van der Waals surface area (Å²) in [5.41, 5.74) is 1.11. The molecule has 0 bridgehead atoms. The zero-order valence-electron chi connectivity index (χ0n) is 16.6. The summed E-state index contributed by atoms with van der Waals surface area (Å²) in [6.45, 7) is 11.5. The minimum Gasteiger partial charge on any atom is -0.490 e. The molecule has 0 spiro atoms. The summed E-state index contributed by atoms with van der Waals surface area (Å²) in [5, 5.41) is 2.89. The molecule has 0 aliphatic carbocycles. The molecule has 0 fully saturated rings. The molecular weight excluding hydrogens is 342 g/mol. The molecule has 2 rings (SSSR count). The van der Waals surface area contributed by atoms with Crippen molar-refractivity contribution in [2.24, 2.45) is 0 Å². The zero-order valence-corrected chi connectivity index (χ0v) is 16.6. The summed E-state index contributed by atoms with van der Waals surface area (Å²) in [7, 11) is 0. The lowest BCUT2D eigenvalue weighted by atomic mass is 10.2. The van der Waals surface area contributed by atoms with E-state index in [0.29, 0.717) is 29.5 Å². The Hall–Kier alpha value is -2.60. The Morgan fingerprint density at radius 2 is 1.89 bits per heavy atom. The lowest BCUT2D eigenvalue weighted by molar-refractivity contribution is 0.102. The number of para-hydroxylation sites is 2. The van der Waals surface area contributed by atoms with Crippen LogP contribution in [0, 0.1) is 0 Å². The number of amides is 1. The molecule has 0 aliphatic heterocycles. The third-order valence-electron chi connectivity index (χ3n) is 4.05. The Bertz CT molecular complexity index is 713. The average molecular weight is 371 g/mol. The maximum atomic E-state index is 12.5. The molecule has 0 saturated carbocycles. The van der Waals surface area contributed by atoms with Gasteiger partial charge in [0, 0.05) is 18.8 Å². The van der Waals surface area contributed by atoms with Gasteiger partial charge in [-0.1, -0.05) is 26.0 Å². The smallest absolute Gasteiger partial charge is 0.257 e. The van der Waals surface area contributed by atoms with Gasteiger partial charge in [-0.3, -0.25) is 4.79 Å². The summed E-state index contributed by atoms with van der Waals surface area (Å²) in [4.78, 5) is 19.0. The van der Waals surface area contributed by atoms with Gasteiger partial charge in [-0.2, -0.15) is 0 Å². The number of benzene rings is 1. The number of nitrogens with zero attached hydrogens (tertiary/aromatic N) is 2. The van der Waals surface area contributed by atoms with Crippen LogP contribution < -0.4 is 14.8 Å². The third-order valence-corrected chi connectivity index (χ3v) is 4.05. The van der Waals surface area contributed by atoms with Crippen LogP contribution in [0.3, 0.4) is 0 Å². The molecule has 0 saturated heterocycles. The van der Waals surface area contributed by atoms with Gasteiger partial charge in [0.15, 0.2) is 0 Å². The van der Waals surface area contributed by atoms with Crippen molar-refractivity contribution >= 4 is 11.6 Å². The lowest BCUT2D eigenvalue weighted by Gasteiger charge is -2.19. The van der Waals surface area contributed by atoms with Crippen molar-refractivity contribution in [2.75, 3.05) is 31.6 Å². The fourth-order valence-electron chi connectivity index (χ4n) is 2.54. The van der Waals surface area contributed by atoms with Crippen LogP contribution in [0.15, 0.2) is 42.6 Å². The summed E-state index contributed by atoms with van der Waals surface area (Å²) < 4.78 is 11.4. The Morgan fingerprint density at radius 3 is 2.52 bits per heavy atom. The van der Waals surface area contributed by atoms with Crippen LogP contribution in [0.2, 0.25) is 0 Å². The molecule has 0 radical (unpaired) electrons. The molecule has 146 valence electrons. The van der Waals surface area contributed by atoms with Gasteiger partial charge in [-0.15, -0.1) is 0 Å². The Morgan fingerprint density at radius 1 is 1.15 bits per heavy atom. The number of ether oxygens (including phenoxy) is 2. The number of nitrogens with one attached hydrogen (secondary N) is 1. The predicted octanol–water partition coefficient (Wildman–Crippen LogP) is 3.84. The molecule has 6 heteroatoms. The van der Waals surface area contributed by atoms with E-state index in [1.165, 1.54) is 6.20 Å². The Kier molecular flexibility index (Phi) is 8.07. The fraction of sp³-hybridized carbons (Fsp3) is 0.429. The number of carbonyl (C=O) groups is 1. The summed E-state index contributed by atoms with van der Waals surface area (Å²) in [6.07, 6.45) is 1.55. The first-order valence-corrected chi connectivity index (χ1v) is 9.41. The molecule has 0 atom stereocenters. The van der Waals surface area contributed by atoms with Gasteiger partial charge in [0.2, 0.25) is 5.88 Å². The van der Waals surface area contributed by atoms with Gasteiger partial charge in [-0.05, 0) is 45.1 Å². The van der Waals surface area contributed by atoms with Crippen LogP contribution in [0.25, 0.3) is 0 Å². The molecule has 2 aromatic rings. The van der Waals surface area contributed by atoms with Gasteiger partial charge >= 0.3 is 0 Å². The third kappa shape index (κ3) is 6.57. The quantitative estimate of drug-likeness (QED) is 0.687. The highest BCUT2D eigenvalue weighted by Gasteiger charge is 2.11. The van der Waals surface area contributed by atoms with E-state index in [9.17, 15) is 4.79 Å². The maximum Gasteiger partial charge on any atom is 0.257 e. The number of hydrogen-bond acceptors (Lipinski definition) is 5. The van der Waals surface area contributed by atoms with E-state index in [0.717, 1.165) is 19.6 Å². The monoisotopic (exact) mass is 371 g/mol. The topological polar surface area (TPSA) is 63.7 Å². The normalized spacial score (nSPS) is 10.9. The molecule has 0 unspecified atom stereocenters. The number of pyridine rings is 1. The first-order chi connectivity index (χ1) is 13.0. The highest BCUT2D eigenvalue weighted by atomic mass is 16.5. The second-order valence-electron chi connectivity index (χ2n) is 6.38. The minimum atomic E-state index is -0.238. The van der Waals surface area contributed by atoms with Crippen LogP contribution in [0.5, 0.6) is 11.6 Å². The molecular formula is C21H29N3O3. The average Bonchev–Trinajstić information content (AvgIpc) is 2.66. The molecule has 1 aromatic heterocycles. The van der Waals surface area contributed by atoms with Crippen molar-refractivity contribution in [3.8, 4) is 11.6 Å². The van der Waals surface area contributed by atoms with Crippen molar-refractivity contribution in [1.29, 1.82) is 0 Å². The summed E-state index contributed by atoms with van der Waals surface area (Å²) in [5.74, 6) is 0.922. The second kappa shape index (κ2) is 10.5. The van der Waals surface area contributed by atoms with E-state index in [-0.39, 0.29) is 12.0 Å². The fourth-order valence-corrected chi connectivity index (χ4v) is 2.54. The van der Waals surface area contributed by atoms with Crippen LogP contribution in [0.4, 0.5) is 5.69 Å².